The first kappa shape index (κ1) is 18.4. The van der Waals surface area contributed by atoms with Gasteiger partial charge in [-0.2, -0.15) is 0 Å². The average Bonchev–Trinajstić information content (AvgIpc) is 2.93. The van der Waals surface area contributed by atoms with Crippen molar-refractivity contribution < 1.29 is 9.66 Å². The number of benzene rings is 3. The lowest BCUT2D eigenvalue weighted by molar-refractivity contribution is -0.384. The topological polar surface area (TPSA) is 55.6 Å². The van der Waals surface area contributed by atoms with Crippen LogP contribution in [-0.4, -0.2) is 10.6 Å². The van der Waals surface area contributed by atoms with Crippen molar-refractivity contribution in [3.63, 3.8) is 0 Å². The van der Waals surface area contributed by atoms with E-state index in [9.17, 15) is 10.1 Å². The maximum absolute atomic E-state index is 11.2. The number of nitro groups is 1. The molecule has 0 saturated heterocycles. The molecule has 0 aromatic heterocycles. The Balaban J connectivity index is 1.65. The summed E-state index contributed by atoms with van der Waals surface area (Å²) in [6.07, 6.45) is 4.01. The summed E-state index contributed by atoms with van der Waals surface area (Å²) in [5.74, 6) is 0.655. The van der Waals surface area contributed by atoms with Gasteiger partial charge in [-0.3, -0.25) is 10.1 Å². The number of nitrogens with zero attached hydrogens (tertiary/aromatic N) is 2. The predicted molar refractivity (Wildman–Crippen MR) is 118 cm³/mol. The summed E-state index contributed by atoms with van der Waals surface area (Å²) in [4.78, 5) is 13.1. The van der Waals surface area contributed by atoms with E-state index in [4.69, 9.17) is 4.74 Å². The fourth-order valence-corrected chi connectivity index (χ4v) is 4.67. The molecule has 2 heterocycles. The molecule has 3 aromatic rings. The Hall–Kier alpha value is -3.60. The molecule has 0 amide bonds. The Morgan fingerprint density at radius 1 is 1.00 bits per heavy atom. The molecule has 150 valence electrons. The smallest absolute Gasteiger partial charge is 0.270 e. The van der Waals surface area contributed by atoms with Gasteiger partial charge < -0.3 is 9.64 Å². The van der Waals surface area contributed by atoms with Crippen LogP contribution in [0.15, 0.2) is 78.9 Å². The van der Waals surface area contributed by atoms with Crippen LogP contribution in [0.25, 0.3) is 6.08 Å². The lowest BCUT2D eigenvalue weighted by Gasteiger charge is -2.47. The minimum Gasteiger partial charge on any atom is -0.463 e. The van der Waals surface area contributed by atoms with Gasteiger partial charge >= 0.3 is 0 Å². The Kier molecular flexibility index (Phi) is 3.97. The van der Waals surface area contributed by atoms with Gasteiger partial charge in [0.05, 0.1) is 10.3 Å². The number of rotatable bonds is 3. The van der Waals surface area contributed by atoms with Gasteiger partial charge in [0.25, 0.3) is 5.69 Å². The van der Waals surface area contributed by atoms with Crippen molar-refractivity contribution in [3.05, 3.63) is 106 Å². The Bertz CT molecular complexity index is 1170. The first-order valence-electron chi connectivity index (χ1n) is 10.0. The molecule has 0 radical (unpaired) electrons. The van der Waals surface area contributed by atoms with Gasteiger partial charge in [-0.25, -0.2) is 0 Å². The first-order valence-corrected chi connectivity index (χ1v) is 10.0. The zero-order chi connectivity index (χ0) is 20.9. The van der Waals surface area contributed by atoms with Crippen molar-refractivity contribution in [3.8, 4) is 5.75 Å². The summed E-state index contributed by atoms with van der Waals surface area (Å²) in [6, 6.07) is 23.5. The highest BCUT2D eigenvalue weighted by molar-refractivity contribution is 5.73. The molecule has 2 aliphatic rings. The molecule has 0 aliphatic carbocycles. The third-order valence-electron chi connectivity index (χ3n) is 6.31. The summed E-state index contributed by atoms with van der Waals surface area (Å²) in [6.45, 7) is 5.07. The molecule has 1 spiro atoms. The molecule has 0 fully saturated rings. The molecule has 3 aromatic carbocycles. The zero-order valence-corrected chi connectivity index (χ0v) is 16.9. The first-order chi connectivity index (χ1) is 14.4. The van der Waals surface area contributed by atoms with Crippen LogP contribution < -0.4 is 9.64 Å². The van der Waals surface area contributed by atoms with Crippen LogP contribution in [0.1, 0.15) is 30.5 Å². The summed E-state index contributed by atoms with van der Waals surface area (Å²) in [5.41, 5.74) is 3.26. The molecule has 0 saturated carbocycles. The molecule has 1 atom stereocenters. The van der Waals surface area contributed by atoms with E-state index in [-0.39, 0.29) is 16.0 Å². The van der Waals surface area contributed by atoms with Crippen LogP contribution in [0.5, 0.6) is 5.75 Å². The molecule has 0 N–H and O–H groups in total. The number of nitro benzene ring substituents is 1. The molecule has 0 unspecified atom stereocenters. The molecule has 30 heavy (non-hydrogen) atoms. The second-order valence-corrected chi connectivity index (χ2v) is 8.32. The monoisotopic (exact) mass is 398 g/mol. The van der Waals surface area contributed by atoms with Crippen LogP contribution in [-0.2, 0) is 12.0 Å². The maximum atomic E-state index is 11.2. The van der Waals surface area contributed by atoms with Gasteiger partial charge in [-0.05, 0) is 49.3 Å². The van der Waals surface area contributed by atoms with Crippen molar-refractivity contribution in [1.29, 1.82) is 0 Å². The molecule has 0 bridgehead atoms. The van der Waals surface area contributed by atoms with E-state index in [1.54, 1.807) is 12.1 Å². The highest BCUT2D eigenvalue weighted by Crippen LogP contribution is 2.55. The average molecular weight is 398 g/mol. The second kappa shape index (κ2) is 6.46. The molecular formula is C25H22N2O3. The highest BCUT2D eigenvalue weighted by Gasteiger charge is 2.58. The summed E-state index contributed by atoms with van der Waals surface area (Å²) in [7, 11) is 0. The summed E-state index contributed by atoms with van der Waals surface area (Å²) < 4.78 is 6.71. The van der Waals surface area contributed by atoms with Gasteiger partial charge in [-0.15, -0.1) is 0 Å². The standard InChI is InChI=1S/C25H22N2O3/c1-24(2)21-10-6-7-11-22(21)26(17-18-8-4-3-5-9-18)25(24)15-14-19-16-20(27(28)29)12-13-23(19)30-25/h3-16H,17H2,1-2H3/t25-/m1/s1. The van der Waals surface area contributed by atoms with E-state index in [0.29, 0.717) is 12.3 Å². The Morgan fingerprint density at radius 2 is 1.73 bits per heavy atom. The molecule has 5 nitrogen and oxygen atoms in total. The van der Waals surface area contributed by atoms with Crippen LogP contribution in [0.3, 0.4) is 0 Å². The molecule has 2 aliphatic heterocycles. The van der Waals surface area contributed by atoms with Gasteiger partial charge in [0.15, 0.2) is 0 Å². The normalized spacial score (nSPS) is 20.5. The number of para-hydroxylation sites is 1. The zero-order valence-electron chi connectivity index (χ0n) is 16.9. The fourth-order valence-electron chi connectivity index (χ4n) is 4.67. The molecule has 5 rings (SSSR count). The third-order valence-corrected chi connectivity index (χ3v) is 6.31. The Labute approximate surface area is 175 Å². The van der Waals surface area contributed by atoms with Crippen LogP contribution in [0.2, 0.25) is 0 Å². The van der Waals surface area contributed by atoms with Crippen LogP contribution in [0.4, 0.5) is 11.4 Å². The number of hydrogen-bond acceptors (Lipinski definition) is 4. The molecular weight excluding hydrogens is 376 g/mol. The Morgan fingerprint density at radius 3 is 2.50 bits per heavy atom. The lowest BCUT2D eigenvalue weighted by Crippen LogP contribution is -2.59. The predicted octanol–water partition coefficient (Wildman–Crippen LogP) is 5.69. The van der Waals surface area contributed by atoms with Gasteiger partial charge in [0.1, 0.15) is 5.75 Å². The summed E-state index contributed by atoms with van der Waals surface area (Å²) >= 11 is 0. The van der Waals surface area contributed by atoms with E-state index in [2.05, 4.69) is 61.2 Å². The van der Waals surface area contributed by atoms with E-state index >= 15 is 0 Å². The summed E-state index contributed by atoms with van der Waals surface area (Å²) in [5, 5.41) is 11.2. The van der Waals surface area contributed by atoms with E-state index < -0.39 is 5.72 Å². The minimum absolute atomic E-state index is 0.0630. The highest BCUT2D eigenvalue weighted by atomic mass is 16.6. The van der Waals surface area contributed by atoms with Crippen molar-refractivity contribution in [2.24, 2.45) is 0 Å². The quantitative estimate of drug-likeness (QED) is 0.420. The lowest BCUT2D eigenvalue weighted by atomic mass is 9.76. The number of anilines is 1. The van der Waals surface area contributed by atoms with Crippen LogP contribution >= 0.6 is 0 Å². The van der Waals surface area contributed by atoms with Gasteiger partial charge in [0.2, 0.25) is 5.72 Å². The van der Waals surface area contributed by atoms with Gasteiger partial charge in [0, 0.05) is 29.9 Å². The SMILES string of the molecule is CC1(C)c2ccccc2N(Cc2ccccc2)[C@@]12C=Cc1cc([N+](=O)[O-])ccc1O2. The van der Waals surface area contributed by atoms with Crippen molar-refractivity contribution in [2.45, 2.75) is 31.5 Å². The number of ether oxygens (including phenoxy) is 1. The second-order valence-electron chi connectivity index (χ2n) is 8.32. The largest absolute Gasteiger partial charge is 0.463 e. The minimum atomic E-state index is -0.740. The van der Waals surface area contributed by atoms with E-state index in [1.807, 2.05) is 24.3 Å². The maximum Gasteiger partial charge on any atom is 0.270 e. The van der Waals surface area contributed by atoms with Crippen molar-refractivity contribution >= 4 is 17.5 Å². The van der Waals surface area contributed by atoms with Crippen molar-refractivity contribution in [2.75, 3.05) is 4.90 Å². The number of hydrogen-bond donors (Lipinski definition) is 0. The fraction of sp³-hybridized carbons (Fsp3) is 0.200. The third kappa shape index (κ3) is 2.55. The number of non-ortho nitro benzene ring substituents is 1. The van der Waals surface area contributed by atoms with E-state index in [0.717, 1.165) is 11.3 Å². The van der Waals surface area contributed by atoms with Crippen molar-refractivity contribution in [1.82, 2.24) is 0 Å². The number of fused-ring (bicyclic) bond motifs is 2. The molecule has 5 heteroatoms. The van der Waals surface area contributed by atoms with Gasteiger partial charge in [-0.1, -0.05) is 48.5 Å². The van der Waals surface area contributed by atoms with Crippen LogP contribution in [0, 0.1) is 10.1 Å². The van der Waals surface area contributed by atoms with E-state index in [1.165, 1.54) is 17.2 Å².